The number of benzene rings is 2. The molecule has 13 nitrogen and oxygen atoms in total. The number of likely N-dealkylation sites (tertiary alicyclic amines) is 1. The Hall–Kier alpha value is -5.39. The Morgan fingerprint density at radius 2 is 1.81 bits per heavy atom. The largest absolute Gasteiger partial charge is 0.461 e. The first kappa shape index (κ1) is 40.8. The lowest BCUT2D eigenvalue weighted by Gasteiger charge is -2.31. The van der Waals surface area contributed by atoms with Gasteiger partial charge in [0.15, 0.2) is 5.82 Å². The summed E-state index contributed by atoms with van der Waals surface area (Å²) in [6.45, 7) is 12.1. The van der Waals surface area contributed by atoms with E-state index in [0.717, 1.165) is 30.4 Å². The number of halogens is 3. The molecule has 4 aromatic rings. The maximum absolute atomic E-state index is 17.5. The van der Waals surface area contributed by atoms with Crippen LogP contribution < -0.4 is 15.0 Å². The number of hydrogen-bond donors (Lipinski definition) is 1. The van der Waals surface area contributed by atoms with Crippen LogP contribution in [-0.2, 0) is 9.47 Å². The minimum Gasteiger partial charge on any atom is -0.461 e. The number of nitrogens with one attached hydrogen (secondary N) is 1. The second kappa shape index (κ2) is 15.1. The van der Waals surface area contributed by atoms with Gasteiger partial charge in [-0.05, 0) is 85.0 Å². The third-order valence-electron chi connectivity index (χ3n) is 10.7. The maximum atomic E-state index is 17.5. The van der Waals surface area contributed by atoms with Crippen LogP contribution in [0.3, 0.4) is 0 Å². The summed E-state index contributed by atoms with van der Waals surface area (Å²) in [5, 5.41) is 23.6. The van der Waals surface area contributed by atoms with Crippen LogP contribution >= 0.6 is 11.3 Å². The molecule has 3 aliphatic heterocycles. The van der Waals surface area contributed by atoms with Gasteiger partial charge in [-0.15, -0.1) is 11.3 Å². The molecular formula is C41H45F3N8O5S. The van der Waals surface area contributed by atoms with Crippen LogP contribution in [0.25, 0.3) is 32.1 Å². The number of carbonyl (C=O) groups is 2. The third-order valence-corrected chi connectivity index (χ3v) is 11.8. The van der Waals surface area contributed by atoms with Gasteiger partial charge in [-0.2, -0.15) is 20.5 Å². The van der Waals surface area contributed by atoms with Crippen molar-refractivity contribution in [3.63, 3.8) is 0 Å². The molecule has 58 heavy (non-hydrogen) atoms. The quantitative estimate of drug-likeness (QED) is 0.191. The van der Waals surface area contributed by atoms with Crippen molar-refractivity contribution in [1.29, 1.82) is 10.5 Å². The van der Waals surface area contributed by atoms with Crippen molar-refractivity contribution in [2.24, 2.45) is 0 Å². The van der Waals surface area contributed by atoms with Gasteiger partial charge in [-0.3, -0.25) is 10.2 Å². The predicted octanol–water partition coefficient (Wildman–Crippen LogP) is 8.28. The average Bonchev–Trinajstić information content (AvgIpc) is 3.92. The number of rotatable bonds is 7. The lowest BCUT2D eigenvalue weighted by Crippen LogP contribution is -2.43. The Balaban J connectivity index is 1.36. The first-order valence-electron chi connectivity index (χ1n) is 19.1. The number of likely N-dealkylation sites (N-methyl/N-ethyl adjacent to an activating group) is 1. The van der Waals surface area contributed by atoms with E-state index in [1.165, 1.54) is 12.1 Å². The molecule has 0 aliphatic carbocycles. The molecule has 3 aliphatic rings. The molecular weight excluding hydrogens is 774 g/mol. The number of nitriles is 2. The summed E-state index contributed by atoms with van der Waals surface area (Å²) in [4.78, 5) is 40.5. The Bertz CT molecular complexity index is 2400. The van der Waals surface area contributed by atoms with E-state index in [-0.39, 0.29) is 85.7 Å². The average molecular weight is 819 g/mol. The van der Waals surface area contributed by atoms with Crippen LogP contribution in [-0.4, -0.2) is 101 Å². The van der Waals surface area contributed by atoms with E-state index in [9.17, 15) is 24.5 Å². The molecule has 5 heterocycles. The van der Waals surface area contributed by atoms with Gasteiger partial charge in [0, 0.05) is 55.5 Å². The fraction of sp³-hybridized carbons (Fsp3) is 0.512. The number of amides is 2. The molecule has 3 saturated heterocycles. The number of alkyl halides is 1. The maximum Gasteiger partial charge on any atom is 0.412 e. The molecule has 0 radical (unpaired) electrons. The van der Waals surface area contributed by atoms with E-state index in [4.69, 9.17) is 19.2 Å². The van der Waals surface area contributed by atoms with Crippen LogP contribution in [0, 0.1) is 34.3 Å². The molecule has 1 N–H and O–H groups in total. The molecule has 2 aromatic carbocycles. The van der Waals surface area contributed by atoms with Gasteiger partial charge in [0.2, 0.25) is 0 Å². The number of ether oxygens (including phenoxy) is 3. The Kier molecular flexibility index (Phi) is 10.6. The highest BCUT2D eigenvalue weighted by molar-refractivity contribution is 7.23. The zero-order valence-corrected chi connectivity index (χ0v) is 34.3. The first-order chi connectivity index (χ1) is 27.3. The second-order valence-electron chi connectivity index (χ2n) is 17.1. The van der Waals surface area contributed by atoms with E-state index in [1.54, 1.807) is 58.4 Å². The molecule has 306 valence electrons. The van der Waals surface area contributed by atoms with Crippen LogP contribution in [0.2, 0.25) is 0 Å². The van der Waals surface area contributed by atoms with E-state index < -0.39 is 46.7 Å². The number of anilines is 2. The summed E-state index contributed by atoms with van der Waals surface area (Å²) in [7, 11) is 1.75. The molecule has 0 spiro atoms. The van der Waals surface area contributed by atoms with Crippen LogP contribution in [0.4, 0.5) is 33.6 Å². The van der Waals surface area contributed by atoms with Crippen LogP contribution in [0.1, 0.15) is 78.4 Å². The molecule has 17 heteroatoms. The monoisotopic (exact) mass is 818 g/mol. The van der Waals surface area contributed by atoms with Crippen LogP contribution in [0.5, 0.6) is 6.01 Å². The van der Waals surface area contributed by atoms with E-state index in [0.29, 0.717) is 25.9 Å². The Morgan fingerprint density at radius 1 is 1.07 bits per heavy atom. The van der Waals surface area contributed by atoms with Crippen molar-refractivity contribution in [3.8, 4) is 29.3 Å². The molecule has 3 fully saturated rings. The Morgan fingerprint density at radius 3 is 2.50 bits per heavy atom. The number of fused-ring (bicyclic) bond motifs is 3. The number of nitrogens with zero attached hydrogens (tertiary/aromatic N) is 7. The summed E-state index contributed by atoms with van der Waals surface area (Å²) in [6, 6.07) is 7.46. The number of aromatic nitrogens is 2. The first-order valence-corrected chi connectivity index (χ1v) is 20.0. The van der Waals surface area contributed by atoms with Gasteiger partial charge in [0.1, 0.15) is 52.2 Å². The van der Waals surface area contributed by atoms with E-state index in [1.807, 2.05) is 6.07 Å². The molecule has 3 atom stereocenters. The van der Waals surface area contributed by atoms with Crippen molar-refractivity contribution in [2.45, 2.75) is 96.2 Å². The lowest BCUT2D eigenvalue weighted by atomic mass is 9.93. The number of hydrogen-bond acceptors (Lipinski definition) is 12. The van der Waals surface area contributed by atoms with Crippen molar-refractivity contribution in [2.75, 3.05) is 50.1 Å². The van der Waals surface area contributed by atoms with Gasteiger partial charge >= 0.3 is 18.2 Å². The summed E-state index contributed by atoms with van der Waals surface area (Å²) in [5.41, 5.74) is -2.85. The predicted molar refractivity (Wildman–Crippen MR) is 213 cm³/mol. The van der Waals surface area contributed by atoms with Crippen LogP contribution in [0.15, 0.2) is 18.2 Å². The van der Waals surface area contributed by atoms with Crippen molar-refractivity contribution in [1.82, 2.24) is 19.8 Å². The van der Waals surface area contributed by atoms with Gasteiger partial charge in [-0.1, -0.05) is 6.07 Å². The minimum absolute atomic E-state index is 0.00759. The van der Waals surface area contributed by atoms with E-state index >= 15 is 8.78 Å². The van der Waals surface area contributed by atoms with Gasteiger partial charge in [-0.25, -0.2) is 22.8 Å². The summed E-state index contributed by atoms with van der Waals surface area (Å²) < 4.78 is 64.8. The zero-order chi connectivity index (χ0) is 41.9. The number of carbonyl (C=O) groups excluding carboxylic acids is 2. The SMILES string of the molecule is CN(c1nc(OC[C@@]23CCCN2C[C@H](F)C3)nc2c(F)c(-c3ccc(F)c4sc(NC(=O)OC(C)(C)C)c(C#N)c34)c(C#N)cc12)[C@@H]1CCN(C(=O)OC(C)(C)C)C1. The fourth-order valence-corrected chi connectivity index (χ4v) is 9.29. The topological polar surface area (TPSA) is 157 Å². The second-order valence-corrected chi connectivity index (χ2v) is 18.2. The molecule has 7 rings (SSSR count). The zero-order valence-electron chi connectivity index (χ0n) is 33.5. The molecule has 0 saturated carbocycles. The van der Waals surface area contributed by atoms with Gasteiger partial charge < -0.3 is 24.0 Å². The highest BCUT2D eigenvalue weighted by Crippen LogP contribution is 2.46. The highest BCUT2D eigenvalue weighted by atomic mass is 32.1. The molecule has 0 unspecified atom stereocenters. The lowest BCUT2D eigenvalue weighted by molar-refractivity contribution is 0.0292. The Labute approximate surface area is 338 Å². The molecule has 2 amide bonds. The highest BCUT2D eigenvalue weighted by Gasteiger charge is 2.49. The van der Waals surface area contributed by atoms with Crippen molar-refractivity contribution >= 4 is 55.3 Å². The van der Waals surface area contributed by atoms with Gasteiger partial charge in [0.05, 0.1) is 27.4 Å². The van der Waals surface area contributed by atoms with E-state index in [2.05, 4.69) is 21.3 Å². The smallest absolute Gasteiger partial charge is 0.412 e. The third kappa shape index (κ3) is 7.77. The van der Waals surface area contributed by atoms with Gasteiger partial charge in [0.25, 0.3) is 0 Å². The van der Waals surface area contributed by atoms with Crippen molar-refractivity contribution in [3.05, 3.63) is 41.0 Å². The molecule has 2 aromatic heterocycles. The van der Waals surface area contributed by atoms with Crippen molar-refractivity contribution < 1.29 is 37.0 Å². The summed E-state index contributed by atoms with van der Waals surface area (Å²) in [6.07, 6.45) is 0.0601. The fourth-order valence-electron chi connectivity index (χ4n) is 8.22. The summed E-state index contributed by atoms with van der Waals surface area (Å²) in [5.74, 6) is -1.44. The normalized spacial score (nSPS) is 20.9. The standard InChI is InChI=1S/C41H45F3N8O5S/c1-39(2,3)56-37(53)49-35-27(18-46)30-25(9-10-28(43)33(30)58-35)29-22(17-45)15-26-32(31(29)44)47-36(55-21-41-12-8-13-52(41)19-23(42)16-41)48-34(26)50(7)24-11-14-51(20-24)38(54)57-40(4,5)6/h9-10,15,23-24H,8,11-14,16,19-21H2,1-7H3,(H,49,53)/t23-,24-,41+/m1/s1. The molecule has 0 bridgehead atoms. The summed E-state index contributed by atoms with van der Waals surface area (Å²) >= 11 is 0.780. The number of thiophene rings is 1. The minimum atomic E-state index is -1.01.